The molecule has 1 fully saturated rings. The third-order valence-corrected chi connectivity index (χ3v) is 3.03. The molecular weight excluding hydrogens is 258 g/mol. The average Bonchev–Trinajstić information content (AvgIpc) is 2.15. The lowest BCUT2D eigenvalue weighted by Gasteiger charge is -2.27. The molecule has 1 N–H and O–H groups in total. The van der Waals surface area contributed by atoms with Crippen LogP contribution < -0.4 is 4.72 Å². The van der Waals surface area contributed by atoms with E-state index in [1.807, 2.05) is 0 Å². The van der Waals surface area contributed by atoms with Crippen molar-refractivity contribution in [1.82, 2.24) is 4.72 Å². The molecule has 94 valence electrons. The number of amides is 1. The Bertz CT molecular complexity index is 344. The van der Waals surface area contributed by atoms with Crippen LogP contribution >= 0.6 is 10.7 Å². The van der Waals surface area contributed by atoms with Crippen LogP contribution in [0.4, 0.5) is 4.79 Å². The Morgan fingerprint density at radius 2 is 2.00 bits per heavy atom. The summed E-state index contributed by atoms with van der Waals surface area (Å²) in [6.07, 6.45) is 1.77. The maximum atomic E-state index is 11.1. The molecule has 0 aromatic heterocycles. The summed E-state index contributed by atoms with van der Waals surface area (Å²) < 4.78 is 32.7. The minimum Gasteiger partial charge on any atom is -0.445 e. The molecule has 0 aliphatic heterocycles. The van der Waals surface area contributed by atoms with Crippen LogP contribution in [0.1, 0.15) is 25.7 Å². The Morgan fingerprint density at radius 3 is 2.56 bits per heavy atom. The number of rotatable bonds is 3. The zero-order valence-corrected chi connectivity index (χ0v) is 10.4. The first-order valence-corrected chi connectivity index (χ1v) is 7.17. The van der Waals surface area contributed by atoms with Crippen LogP contribution in [0.25, 0.3) is 0 Å². The highest BCUT2D eigenvalue weighted by Gasteiger charge is 2.25. The molecular formula is C8H14ClNO5S. The molecule has 0 bridgehead atoms. The molecule has 1 saturated carbocycles. The molecule has 2 unspecified atom stereocenters. The largest absolute Gasteiger partial charge is 0.445 e. The average molecular weight is 272 g/mol. The van der Waals surface area contributed by atoms with E-state index in [2.05, 4.69) is 0 Å². The molecule has 0 spiro atoms. The van der Waals surface area contributed by atoms with Gasteiger partial charge in [-0.3, -0.25) is 0 Å². The number of methoxy groups -OCH3 is 1. The normalized spacial score (nSPS) is 26.1. The minimum atomic E-state index is -4.08. The van der Waals surface area contributed by atoms with E-state index in [1.165, 1.54) is 4.72 Å². The van der Waals surface area contributed by atoms with Gasteiger partial charge in [0.2, 0.25) is 0 Å². The second kappa shape index (κ2) is 5.70. The Hall–Kier alpha value is -0.530. The first-order valence-electron chi connectivity index (χ1n) is 4.86. The Balaban J connectivity index is 2.39. The van der Waals surface area contributed by atoms with Gasteiger partial charge in [-0.05, 0) is 19.3 Å². The summed E-state index contributed by atoms with van der Waals surface area (Å²) in [5, 5.41) is 0. The third kappa shape index (κ3) is 5.00. The summed E-state index contributed by atoms with van der Waals surface area (Å²) in [6.45, 7) is 0. The standard InChI is InChI=1S/C8H14ClNO5S/c1-14-6-3-2-4-7(5-6)15-8(11)10-16(9,12)13/h6-7H,2-5H2,1H3,(H,10,11). The van der Waals surface area contributed by atoms with Crippen LogP contribution in [0.2, 0.25) is 0 Å². The topological polar surface area (TPSA) is 81.7 Å². The zero-order valence-electron chi connectivity index (χ0n) is 8.81. The van der Waals surface area contributed by atoms with Gasteiger partial charge in [0.25, 0.3) is 0 Å². The van der Waals surface area contributed by atoms with Gasteiger partial charge in [0.05, 0.1) is 6.10 Å². The number of halogens is 1. The summed E-state index contributed by atoms with van der Waals surface area (Å²) in [5.74, 6) is 0. The van der Waals surface area contributed by atoms with Gasteiger partial charge >= 0.3 is 15.3 Å². The van der Waals surface area contributed by atoms with Crippen LogP contribution in [-0.2, 0) is 18.7 Å². The Kier molecular flexibility index (Phi) is 4.82. The second-order valence-electron chi connectivity index (χ2n) is 3.59. The summed E-state index contributed by atoms with van der Waals surface area (Å²) in [6, 6.07) is 0. The third-order valence-electron chi connectivity index (χ3n) is 2.39. The first-order chi connectivity index (χ1) is 7.40. The monoisotopic (exact) mass is 271 g/mol. The summed E-state index contributed by atoms with van der Waals surface area (Å²) in [7, 11) is 2.35. The molecule has 0 heterocycles. The van der Waals surface area contributed by atoms with Gasteiger partial charge in [-0.15, -0.1) is 0 Å². The SMILES string of the molecule is COC1CCCC(OC(=O)NS(=O)(=O)Cl)C1. The number of nitrogens with one attached hydrogen (secondary N) is 1. The van der Waals surface area contributed by atoms with Crippen molar-refractivity contribution in [2.24, 2.45) is 0 Å². The number of hydrogen-bond donors (Lipinski definition) is 1. The highest BCUT2D eigenvalue weighted by molar-refractivity contribution is 8.12. The predicted octanol–water partition coefficient (Wildman–Crippen LogP) is 1.15. The van der Waals surface area contributed by atoms with Gasteiger partial charge in [0.1, 0.15) is 6.10 Å². The van der Waals surface area contributed by atoms with Gasteiger partial charge in [0.15, 0.2) is 0 Å². The minimum absolute atomic E-state index is 0.0548. The number of carbonyl (C=O) groups excluding carboxylic acids is 1. The fraction of sp³-hybridized carbons (Fsp3) is 0.875. The van der Waals surface area contributed by atoms with Gasteiger partial charge < -0.3 is 9.47 Å². The van der Waals surface area contributed by atoms with Gasteiger partial charge in [-0.25, -0.2) is 9.52 Å². The molecule has 8 heteroatoms. The number of ether oxygens (including phenoxy) is 2. The van der Waals surface area contributed by atoms with Crippen molar-refractivity contribution in [1.29, 1.82) is 0 Å². The van der Waals surface area contributed by atoms with Crippen molar-refractivity contribution >= 4 is 26.0 Å². The number of hydrogen-bond acceptors (Lipinski definition) is 5. The Morgan fingerprint density at radius 1 is 1.38 bits per heavy atom. The first kappa shape index (κ1) is 13.5. The predicted molar refractivity (Wildman–Crippen MR) is 57.4 cm³/mol. The van der Waals surface area contributed by atoms with Crippen molar-refractivity contribution in [2.45, 2.75) is 37.9 Å². The summed E-state index contributed by atoms with van der Waals surface area (Å²) in [4.78, 5) is 11.1. The number of carbonyl (C=O) groups is 1. The maximum Gasteiger partial charge on any atom is 0.422 e. The van der Waals surface area contributed by atoms with Gasteiger partial charge in [0, 0.05) is 24.2 Å². The van der Waals surface area contributed by atoms with E-state index in [9.17, 15) is 13.2 Å². The van der Waals surface area contributed by atoms with Crippen LogP contribution in [-0.4, -0.2) is 33.8 Å². The molecule has 2 atom stereocenters. The lowest BCUT2D eigenvalue weighted by molar-refractivity contribution is 0.00261. The van der Waals surface area contributed by atoms with Crippen molar-refractivity contribution in [3.8, 4) is 0 Å². The fourth-order valence-corrected chi connectivity index (χ4v) is 2.13. The van der Waals surface area contributed by atoms with E-state index in [1.54, 1.807) is 7.11 Å². The quantitative estimate of drug-likeness (QED) is 0.779. The molecule has 0 radical (unpaired) electrons. The van der Waals surface area contributed by atoms with Crippen molar-refractivity contribution in [2.75, 3.05) is 7.11 Å². The Labute approximate surface area is 98.8 Å². The van der Waals surface area contributed by atoms with E-state index in [-0.39, 0.29) is 12.2 Å². The van der Waals surface area contributed by atoms with E-state index in [0.29, 0.717) is 12.8 Å². The van der Waals surface area contributed by atoms with Crippen molar-refractivity contribution in [3.05, 3.63) is 0 Å². The summed E-state index contributed by atoms with van der Waals surface area (Å²) >= 11 is 0. The molecule has 1 aliphatic carbocycles. The fourth-order valence-electron chi connectivity index (χ4n) is 1.70. The zero-order chi connectivity index (χ0) is 12.2. The molecule has 16 heavy (non-hydrogen) atoms. The van der Waals surface area contributed by atoms with Gasteiger partial charge in [-0.1, -0.05) is 0 Å². The smallest absolute Gasteiger partial charge is 0.422 e. The molecule has 1 aliphatic rings. The lowest BCUT2D eigenvalue weighted by atomic mass is 9.95. The summed E-state index contributed by atoms with van der Waals surface area (Å²) in [5.41, 5.74) is 0. The lowest BCUT2D eigenvalue weighted by Crippen LogP contribution is -2.35. The van der Waals surface area contributed by atoms with E-state index < -0.39 is 15.3 Å². The van der Waals surface area contributed by atoms with Gasteiger partial charge in [-0.2, -0.15) is 8.42 Å². The van der Waals surface area contributed by atoms with Crippen molar-refractivity contribution in [3.63, 3.8) is 0 Å². The van der Waals surface area contributed by atoms with Crippen LogP contribution in [0, 0.1) is 0 Å². The van der Waals surface area contributed by atoms with Crippen LogP contribution in [0.5, 0.6) is 0 Å². The highest BCUT2D eigenvalue weighted by Crippen LogP contribution is 2.23. The van der Waals surface area contributed by atoms with E-state index in [4.69, 9.17) is 20.2 Å². The molecule has 1 rings (SSSR count). The second-order valence-corrected chi connectivity index (χ2v) is 5.89. The molecule has 0 saturated heterocycles. The highest BCUT2D eigenvalue weighted by atomic mass is 35.7. The van der Waals surface area contributed by atoms with E-state index >= 15 is 0 Å². The maximum absolute atomic E-state index is 11.1. The molecule has 0 aromatic rings. The van der Waals surface area contributed by atoms with E-state index in [0.717, 1.165) is 12.8 Å². The van der Waals surface area contributed by atoms with Crippen LogP contribution in [0.15, 0.2) is 0 Å². The van der Waals surface area contributed by atoms with Crippen LogP contribution in [0.3, 0.4) is 0 Å². The molecule has 1 amide bonds. The van der Waals surface area contributed by atoms with Crippen molar-refractivity contribution < 1.29 is 22.7 Å². The molecule has 6 nitrogen and oxygen atoms in total. The molecule has 0 aromatic carbocycles.